The number of nitrogens with zero attached hydrogens (tertiary/aromatic N) is 2. The highest BCUT2D eigenvalue weighted by atomic mass is 16.3. The molecule has 0 saturated heterocycles. The van der Waals surface area contributed by atoms with Crippen molar-refractivity contribution in [1.29, 1.82) is 0 Å². The molecule has 5 nitrogen and oxygen atoms in total. The van der Waals surface area contributed by atoms with Gasteiger partial charge in [-0.05, 0) is 39.0 Å². The molecule has 0 spiro atoms. The molecule has 1 amide bonds. The summed E-state index contributed by atoms with van der Waals surface area (Å²) in [7, 11) is 0. The molecule has 1 aromatic rings. The van der Waals surface area contributed by atoms with Gasteiger partial charge in [-0.25, -0.2) is 0 Å². The quantitative estimate of drug-likeness (QED) is 0.869. The Bertz CT molecular complexity index is 483. The van der Waals surface area contributed by atoms with Crippen molar-refractivity contribution in [2.75, 3.05) is 5.32 Å². The zero-order valence-corrected chi connectivity index (χ0v) is 12.8. The van der Waals surface area contributed by atoms with E-state index in [-0.39, 0.29) is 11.8 Å². The minimum Gasteiger partial charge on any atom is -0.390 e. The van der Waals surface area contributed by atoms with Crippen molar-refractivity contribution in [1.82, 2.24) is 9.78 Å². The molecule has 2 rings (SSSR count). The first-order valence-electron chi connectivity index (χ1n) is 7.34. The molecule has 112 valence electrons. The lowest BCUT2D eigenvalue weighted by Gasteiger charge is -2.39. The lowest BCUT2D eigenvalue weighted by molar-refractivity contribution is -0.133. The minimum absolute atomic E-state index is 0.0111. The van der Waals surface area contributed by atoms with E-state index in [0.717, 1.165) is 24.3 Å². The van der Waals surface area contributed by atoms with E-state index in [9.17, 15) is 9.90 Å². The summed E-state index contributed by atoms with van der Waals surface area (Å²) in [4.78, 5) is 12.1. The molecule has 1 aliphatic carbocycles. The van der Waals surface area contributed by atoms with Crippen molar-refractivity contribution >= 4 is 11.6 Å². The lowest BCUT2D eigenvalue weighted by atomic mass is 9.72. The first kappa shape index (κ1) is 15.0. The zero-order valence-electron chi connectivity index (χ0n) is 12.8. The van der Waals surface area contributed by atoms with E-state index in [1.165, 1.54) is 0 Å². The van der Waals surface area contributed by atoms with Gasteiger partial charge in [-0.2, -0.15) is 5.10 Å². The number of carbonyl (C=O) groups excluding carboxylic acids is 1. The maximum atomic E-state index is 12.1. The largest absolute Gasteiger partial charge is 0.390 e. The van der Waals surface area contributed by atoms with Gasteiger partial charge in [0.15, 0.2) is 0 Å². The summed E-state index contributed by atoms with van der Waals surface area (Å²) >= 11 is 0. The summed E-state index contributed by atoms with van der Waals surface area (Å²) in [5.74, 6) is 0.542. The molecule has 1 aliphatic rings. The summed E-state index contributed by atoms with van der Waals surface area (Å²) in [6.07, 6.45) is 3.87. The number of rotatable bonds is 5. The van der Waals surface area contributed by atoms with Gasteiger partial charge in [0.2, 0.25) is 5.91 Å². The minimum atomic E-state index is -0.668. The normalized spacial score (nSPS) is 25.6. The number of aryl methyl sites for hydroxylation is 1. The average Bonchev–Trinajstić information content (AvgIpc) is 2.65. The van der Waals surface area contributed by atoms with Crippen molar-refractivity contribution in [3.05, 3.63) is 11.9 Å². The lowest BCUT2D eigenvalue weighted by Crippen LogP contribution is -2.46. The fourth-order valence-electron chi connectivity index (χ4n) is 2.60. The van der Waals surface area contributed by atoms with Gasteiger partial charge in [-0.15, -0.1) is 0 Å². The Kier molecular flexibility index (Phi) is 4.18. The van der Waals surface area contributed by atoms with E-state index in [1.54, 1.807) is 13.1 Å². The number of aromatic nitrogens is 2. The number of nitrogens with one attached hydrogen (secondary N) is 1. The summed E-state index contributed by atoms with van der Waals surface area (Å²) < 4.78 is 1.94. The second-order valence-electron chi connectivity index (χ2n) is 6.64. The van der Waals surface area contributed by atoms with Gasteiger partial charge >= 0.3 is 0 Å². The van der Waals surface area contributed by atoms with Gasteiger partial charge in [0.25, 0.3) is 0 Å². The highest BCUT2D eigenvalue weighted by Gasteiger charge is 2.42. The van der Waals surface area contributed by atoms with Crippen LogP contribution in [0.5, 0.6) is 0 Å². The van der Waals surface area contributed by atoms with Crippen LogP contribution in [-0.4, -0.2) is 26.4 Å². The van der Waals surface area contributed by atoms with Gasteiger partial charge in [0, 0.05) is 12.5 Å². The second kappa shape index (κ2) is 5.56. The van der Waals surface area contributed by atoms with Crippen molar-refractivity contribution < 1.29 is 9.90 Å². The van der Waals surface area contributed by atoms with Crippen LogP contribution in [0, 0.1) is 18.8 Å². The van der Waals surface area contributed by atoms with Crippen LogP contribution in [0.15, 0.2) is 6.20 Å². The van der Waals surface area contributed by atoms with E-state index in [2.05, 4.69) is 24.3 Å². The predicted molar refractivity (Wildman–Crippen MR) is 78.4 cm³/mol. The number of hydrogen-bond acceptors (Lipinski definition) is 3. The standard InChI is InChI=1S/C15H25N3O2/c1-10(2)5-6-18-11(3)13(9-16-18)17-14(19)12-7-15(4,20)8-12/h9-10,12,20H,5-8H2,1-4H3,(H,17,19). The molecule has 1 saturated carbocycles. The number of hydrogen-bond donors (Lipinski definition) is 2. The molecule has 1 aromatic heterocycles. The summed E-state index contributed by atoms with van der Waals surface area (Å²) in [5.41, 5.74) is 1.11. The van der Waals surface area contributed by atoms with E-state index in [0.29, 0.717) is 18.8 Å². The van der Waals surface area contributed by atoms with Gasteiger partial charge in [-0.3, -0.25) is 9.48 Å². The van der Waals surface area contributed by atoms with Gasteiger partial charge < -0.3 is 10.4 Å². The molecule has 5 heteroatoms. The van der Waals surface area contributed by atoms with Gasteiger partial charge in [-0.1, -0.05) is 13.8 Å². The fourth-order valence-corrected chi connectivity index (χ4v) is 2.60. The summed E-state index contributed by atoms with van der Waals surface area (Å²) in [5, 5.41) is 16.9. The SMILES string of the molecule is Cc1c(NC(=O)C2CC(C)(O)C2)cnn1CCC(C)C. The molecule has 2 N–H and O–H groups in total. The van der Waals surface area contributed by atoms with Crippen molar-refractivity contribution in [2.24, 2.45) is 11.8 Å². The molecule has 0 unspecified atom stereocenters. The molecule has 1 fully saturated rings. The van der Waals surface area contributed by atoms with Crippen LogP contribution in [0.2, 0.25) is 0 Å². The van der Waals surface area contributed by atoms with Crippen molar-refractivity contribution in [2.45, 2.75) is 59.1 Å². The van der Waals surface area contributed by atoms with Gasteiger partial charge in [0.1, 0.15) is 0 Å². The van der Waals surface area contributed by atoms with Crippen LogP contribution >= 0.6 is 0 Å². The molecule has 20 heavy (non-hydrogen) atoms. The van der Waals surface area contributed by atoms with Crippen LogP contribution in [0.25, 0.3) is 0 Å². The highest BCUT2D eigenvalue weighted by molar-refractivity contribution is 5.93. The third-order valence-corrected chi connectivity index (χ3v) is 4.02. The van der Waals surface area contributed by atoms with E-state index >= 15 is 0 Å². The number of amides is 1. The van der Waals surface area contributed by atoms with Crippen LogP contribution in [-0.2, 0) is 11.3 Å². The van der Waals surface area contributed by atoms with Gasteiger partial charge in [0.05, 0.1) is 23.2 Å². The Morgan fingerprint density at radius 1 is 1.60 bits per heavy atom. The molecule has 0 aromatic carbocycles. The Morgan fingerprint density at radius 3 is 2.80 bits per heavy atom. The van der Waals surface area contributed by atoms with Crippen molar-refractivity contribution in [3.63, 3.8) is 0 Å². The molecule has 0 bridgehead atoms. The first-order chi connectivity index (χ1) is 9.28. The topological polar surface area (TPSA) is 67.2 Å². The first-order valence-corrected chi connectivity index (χ1v) is 7.34. The molecule has 0 aliphatic heterocycles. The Balaban J connectivity index is 1.92. The zero-order chi connectivity index (χ0) is 14.9. The van der Waals surface area contributed by atoms with Crippen LogP contribution < -0.4 is 5.32 Å². The summed E-state index contributed by atoms with van der Waals surface area (Å²) in [6.45, 7) is 8.98. The van der Waals surface area contributed by atoms with Crippen molar-refractivity contribution in [3.8, 4) is 0 Å². The maximum Gasteiger partial charge on any atom is 0.227 e. The molecule has 0 atom stereocenters. The fraction of sp³-hybridized carbons (Fsp3) is 0.733. The number of aliphatic hydroxyl groups is 1. The van der Waals surface area contributed by atoms with Crippen LogP contribution in [0.3, 0.4) is 0 Å². The van der Waals surface area contributed by atoms with E-state index < -0.39 is 5.60 Å². The molecule has 1 heterocycles. The monoisotopic (exact) mass is 279 g/mol. The predicted octanol–water partition coefficient (Wildman–Crippen LogP) is 2.34. The summed E-state index contributed by atoms with van der Waals surface area (Å²) in [6, 6.07) is 0. The van der Waals surface area contributed by atoms with E-state index in [4.69, 9.17) is 0 Å². The Labute approximate surface area is 120 Å². The molecular formula is C15H25N3O2. The maximum absolute atomic E-state index is 12.1. The average molecular weight is 279 g/mol. The smallest absolute Gasteiger partial charge is 0.227 e. The third-order valence-electron chi connectivity index (χ3n) is 4.02. The van der Waals surface area contributed by atoms with Crippen LogP contribution in [0.4, 0.5) is 5.69 Å². The molecule has 0 radical (unpaired) electrons. The number of anilines is 1. The Hall–Kier alpha value is -1.36. The molecular weight excluding hydrogens is 254 g/mol. The van der Waals surface area contributed by atoms with E-state index in [1.807, 2.05) is 11.6 Å². The number of carbonyl (C=O) groups is 1. The second-order valence-corrected chi connectivity index (χ2v) is 6.64. The van der Waals surface area contributed by atoms with Crippen LogP contribution in [0.1, 0.15) is 45.7 Å². The highest BCUT2D eigenvalue weighted by Crippen LogP contribution is 2.37. The Morgan fingerprint density at radius 2 is 2.25 bits per heavy atom. The third kappa shape index (κ3) is 3.39.